The molecule has 0 aliphatic carbocycles. The van der Waals surface area contributed by atoms with E-state index in [0.29, 0.717) is 9.80 Å². The first-order chi connectivity index (χ1) is 13.4. The second-order valence-corrected chi connectivity index (χ2v) is 6.67. The monoisotopic (exact) mass is 420 g/mol. The first kappa shape index (κ1) is 20.4. The number of hydrogen-bond donors (Lipinski definition) is 2. The number of urea groups is 1. The van der Waals surface area contributed by atoms with E-state index >= 15 is 0 Å². The lowest BCUT2D eigenvalue weighted by molar-refractivity contribution is -0.198. The second kappa shape index (κ2) is 6.63. The number of amides is 5. The molecule has 3 rings (SSSR count). The third-order valence-electron chi connectivity index (χ3n) is 5.20. The third kappa shape index (κ3) is 3.03. The van der Waals surface area contributed by atoms with Crippen LogP contribution in [0.1, 0.15) is 6.42 Å². The molecule has 0 aromatic carbocycles. The maximum absolute atomic E-state index is 12.8. The maximum atomic E-state index is 12.8. The molecule has 3 N–H and O–H groups in total. The van der Waals surface area contributed by atoms with E-state index in [0.717, 1.165) is 11.9 Å². The number of rotatable bonds is 3. The predicted octanol–water partition coefficient (Wildman–Crippen LogP) is -0.524. The summed E-state index contributed by atoms with van der Waals surface area (Å²) in [5.74, 6) is -5.37. The van der Waals surface area contributed by atoms with Crippen LogP contribution in [0.4, 0.5) is 22.8 Å². The van der Waals surface area contributed by atoms with Gasteiger partial charge in [-0.15, -0.1) is 0 Å². The average Bonchev–Trinajstić information content (AvgIpc) is 2.95. The first-order valence-corrected chi connectivity index (χ1v) is 8.25. The predicted molar refractivity (Wildman–Crippen MR) is 83.7 cm³/mol. The molecule has 2 fully saturated rings. The lowest BCUT2D eigenvalue weighted by Crippen LogP contribution is -2.74. The molecule has 11 nitrogen and oxygen atoms in total. The van der Waals surface area contributed by atoms with Crippen molar-refractivity contribution in [1.29, 1.82) is 0 Å². The average molecular weight is 420 g/mol. The first-order valence-electron chi connectivity index (χ1n) is 8.25. The van der Waals surface area contributed by atoms with Crippen LogP contribution in [0.25, 0.3) is 0 Å². The summed E-state index contributed by atoms with van der Waals surface area (Å²) in [6, 6.07) is -3.55. The number of carbonyl (C=O) groups is 5. The summed E-state index contributed by atoms with van der Waals surface area (Å²) in [5, 5.41) is 9.47. The Hall–Kier alpha value is -3.32. The Balaban J connectivity index is 1.85. The van der Waals surface area contributed by atoms with Gasteiger partial charge >= 0.3 is 30.2 Å². The van der Waals surface area contributed by atoms with Crippen LogP contribution < -0.4 is 5.73 Å². The zero-order valence-electron chi connectivity index (χ0n) is 14.8. The van der Waals surface area contributed by atoms with Crippen LogP contribution in [-0.2, 0) is 19.1 Å². The number of aliphatic carboxylic acids is 1. The van der Waals surface area contributed by atoms with Crippen molar-refractivity contribution in [1.82, 2.24) is 14.7 Å². The summed E-state index contributed by atoms with van der Waals surface area (Å²) < 4.78 is 43.3. The van der Waals surface area contributed by atoms with Crippen molar-refractivity contribution < 1.29 is 47.0 Å². The van der Waals surface area contributed by atoms with Crippen LogP contribution in [0.5, 0.6) is 0 Å². The van der Waals surface area contributed by atoms with E-state index in [1.165, 1.54) is 0 Å². The van der Waals surface area contributed by atoms with Crippen molar-refractivity contribution in [3.8, 4) is 0 Å². The van der Waals surface area contributed by atoms with E-state index in [-0.39, 0.29) is 12.0 Å². The molecule has 3 heterocycles. The quantitative estimate of drug-likeness (QED) is 0.583. The van der Waals surface area contributed by atoms with Gasteiger partial charge in [-0.2, -0.15) is 13.2 Å². The third-order valence-corrected chi connectivity index (χ3v) is 5.20. The minimum absolute atomic E-state index is 0.0173. The molecular weight excluding hydrogens is 405 g/mol. The van der Waals surface area contributed by atoms with Gasteiger partial charge in [0.2, 0.25) is 0 Å². The topological polar surface area (TPSA) is 151 Å². The van der Waals surface area contributed by atoms with Crippen molar-refractivity contribution >= 4 is 29.9 Å². The number of carboxylic acid groups (broad SMARTS) is 1. The van der Waals surface area contributed by atoms with Crippen LogP contribution in [0, 0.1) is 5.92 Å². The summed E-state index contributed by atoms with van der Waals surface area (Å²) in [5.41, 5.74) is 4.44. The van der Waals surface area contributed by atoms with Crippen LogP contribution in [-0.4, -0.2) is 88.2 Å². The van der Waals surface area contributed by atoms with Gasteiger partial charge in [-0.1, -0.05) is 0 Å². The molecule has 0 bridgehead atoms. The lowest BCUT2D eigenvalue weighted by atomic mass is 9.78. The molecule has 0 aromatic rings. The molecule has 2 saturated heterocycles. The van der Waals surface area contributed by atoms with Crippen LogP contribution in [0.2, 0.25) is 0 Å². The summed E-state index contributed by atoms with van der Waals surface area (Å²) in [6.07, 6.45) is -6.41. The van der Waals surface area contributed by atoms with Gasteiger partial charge in [-0.3, -0.25) is 14.5 Å². The number of piperidine rings is 1. The highest BCUT2D eigenvalue weighted by Crippen LogP contribution is 2.49. The Kier molecular flexibility index (Phi) is 4.67. The molecule has 3 aliphatic rings. The maximum Gasteiger partial charge on any atom is 0.471 e. The number of halogens is 3. The fourth-order valence-corrected chi connectivity index (χ4v) is 3.90. The molecule has 3 aliphatic heterocycles. The Bertz CT molecular complexity index is 855. The summed E-state index contributed by atoms with van der Waals surface area (Å²) >= 11 is 0. The Morgan fingerprint density at radius 3 is 2.45 bits per heavy atom. The zero-order chi connectivity index (χ0) is 21.8. The number of primary amides is 1. The summed E-state index contributed by atoms with van der Waals surface area (Å²) in [4.78, 5) is 60.0. The molecule has 3 unspecified atom stereocenters. The fraction of sp³-hybridized carbons (Fsp3) is 0.533. The van der Waals surface area contributed by atoms with Gasteiger partial charge in [-0.25, -0.2) is 19.3 Å². The molecule has 0 radical (unpaired) electrons. The SMILES string of the molecule is CN(C(N)=O)C(=O)OCC1=C(C(=O)O)N2C(=O)C3C2C1CCN3C(=O)C(F)(F)F. The Morgan fingerprint density at radius 2 is 1.93 bits per heavy atom. The molecule has 5 amide bonds. The number of likely N-dealkylation sites (tertiary alicyclic amines) is 1. The Morgan fingerprint density at radius 1 is 1.31 bits per heavy atom. The molecule has 29 heavy (non-hydrogen) atoms. The van der Waals surface area contributed by atoms with Crippen molar-refractivity contribution in [2.24, 2.45) is 11.7 Å². The number of alkyl halides is 3. The summed E-state index contributed by atoms with van der Waals surface area (Å²) in [7, 11) is 1.03. The molecule has 158 valence electrons. The van der Waals surface area contributed by atoms with Crippen molar-refractivity contribution in [2.45, 2.75) is 24.7 Å². The van der Waals surface area contributed by atoms with Crippen molar-refractivity contribution in [3.05, 3.63) is 11.3 Å². The van der Waals surface area contributed by atoms with E-state index in [4.69, 9.17) is 10.5 Å². The van der Waals surface area contributed by atoms with Crippen LogP contribution in [0.15, 0.2) is 11.3 Å². The van der Waals surface area contributed by atoms with Gasteiger partial charge in [0.05, 0.1) is 6.04 Å². The van der Waals surface area contributed by atoms with Gasteiger partial charge < -0.3 is 20.5 Å². The highest BCUT2D eigenvalue weighted by molar-refractivity contribution is 6.03. The zero-order valence-corrected chi connectivity index (χ0v) is 14.8. The molecule has 0 spiro atoms. The largest absolute Gasteiger partial charge is 0.477 e. The molecule has 0 aromatic heterocycles. The molecular formula is C15H15F3N4O7. The van der Waals surface area contributed by atoms with Gasteiger partial charge in [0.1, 0.15) is 18.3 Å². The smallest absolute Gasteiger partial charge is 0.471 e. The van der Waals surface area contributed by atoms with E-state index < -0.39 is 72.9 Å². The number of carboxylic acids is 1. The van der Waals surface area contributed by atoms with E-state index in [9.17, 15) is 42.3 Å². The Labute approximate surface area is 160 Å². The number of nitrogens with two attached hydrogens (primary N) is 1. The highest BCUT2D eigenvalue weighted by Gasteiger charge is 2.66. The standard InChI is InChI=1S/C15H15F3N4O7/c1-20(13(19)27)14(28)29-4-6-5-2-3-21(12(26)15(16,17)18)9-7(5)22(10(9)23)8(6)11(24)25/h5,7,9H,2-4H2,1H3,(H2,19,27)(H,24,25). The van der Waals surface area contributed by atoms with Gasteiger partial charge in [0, 0.05) is 25.1 Å². The van der Waals surface area contributed by atoms with Gasteiger partial charge in [-0.05, 0) is 6.42 Å². The highest BCUT2D eigenvalue weighted by atomic mass is 19.4. The van der Waals surface area contributed by atoms with Gasteiger partial charge in [0.25, 0.3) is 5.91 Å². The summed E-state index contributed by atoms with van der Waals surface area (Å²) in [6.45, 7) is -1.03. The van der Waals surface area contributed by atoms with E-state index in [2.05, 4.69) is 0 Å². The molecule has 14 heteroatoms. The fourth-order valence-electron chi connectivity index (χ4n) is 3.90. The molecule has 3 atom stereocenters. The number of hydrogen-bond acceptors (Lipinski definition) is 6. The van der Waals surface area contributed by atoms with Crippen LogP contribution in [0.3, 0.4) is 0 Å². The van der Waals surface area contributed by atoms with Crippen molar-refractivity contribution in [3.63, 3.8) is 0 Å². The van der Waals surface area contributed by atoms with Gasteiger partial charge in [0.15, 0.2) is 0 Å². The molecule has 0 saturated carbocycles. The number of imide groups is 1. The lowest BCUT2D eigenvalue weighted by Gasteiger charge is -2.53. The van der Waals surface area contributed by atoms with E-state index in [1.807, 2.05) is 0 Å². The number of ether oxygens (including phenoxy) is 1. The second-order valence-electron chi connectivity index (χ2n) is 6.67. The van der Waals surface area contributed by atoms with Crippen molar-refractivity contribution in [2.75, 3.05) is 20.2 Å². The number of carbonyl (C=O) groups excluding carboxylic acids is 4. The minimum atomic E-state index is -5.17. The van der Waals surface area contributed by atoms with Crippen LogP contribution >= 0.6 is 0 Å². The normalized spacial score (nSPS) is 25.4. The number of nitrogens with zero attached hydrogens (tertiary/aromatic N) is 3. The number of β-lactam (4-membered cyclic amide) rings is 1. The minimum Gasteiger partial charge on any atom is -0.477 e. The van der Waals surface area contributed by atoms with E-state index in [1.54, 1.807) is 0 Å².